The molecule has 2 heteroatoms. The molecule has 0 aliphatic heterocycles. The lowest BCUT2D eigenvalue weighted by atomic mass is 10.1. The summed E-state index contributed by atoms with van der Waals surface area (Å²) in [7, 11) is 0. The van der Waals surface area contributed by atoms with Crippen LogP contribution in [0.1, 0.15) is 16.7 Å². The Kier molecular flexibility index (Phi) is 3.92. The van der Waals surface area contributed by atoms with Gasteiger partial charge in [0.2, 0.25) is 5.91 Å². The molecule has 90 valence electrons. The van der Waals surface area contributed by atoms with Crippen LogP contribution >= 0.6 is 0 Å². The highest BCUT2D eigenvalue weighted by molar-refractivity contribution is 5.77. The van der Waals surface area contributed by atoms with E-state index in [1.165, 1.54) is 0 Å². The monoisotopic (exact) mass is 237 g/mol. The molecule has 2 rings (SSSR count). The SMILES string of the molecule is NC(=O)Cc1cccc(C=Cc2ccccc2)c1. The summed E-state index contributed by atoms with van der Waals surface area (Å²) in [4.78, 5) is 10.9. The fraction of sp³-hybridized carbons (Fsp3) is 0.0625. The Balaban J connectivity index is 2.14. The average molecular weight is 237 g/mol. The lowest BCUT2D eigenvalue weighted by molar-refractivity contribution is -0.117. The van der Waals surface area contributed by atoms with Crippen LogP contribution in [0.3, 0.4) is 0 Å². The summed E-state index contributed by atoms with van der Waals surface area (Å²) in [6.07, 6.45) is 4.36. The molecule has 0 saturated heterocycles. The molecule has 0 atom stereocenters. The number of carbonyl (C=O) groups is 1. The molecule has 0 aliphatic carbocycles. The molecule has 0 aliphatic rings. The molecule has 2 aromatic rings. The van der Waals surface area contributed by atoms with E-state index in [2.05, 4.69) is 0 Å². The maximum atomic E-state index is 10.9. The van der Waals surface area contributed by atoms with Crippen LogP contribution in [-0.2, 0) is 11.2 Å². The predicted molar refractivity (Wildman–Crippen MR) is 74.7 cm³/mol. The van der Waals surface area contributed by atoms with E-state index in [0.29, 0.717) is 0 Å². The van der Waals surface area contributed by atoms with Gasteiger partial charge >= 0.3 is 0 Å². The molecule has 2 N–H and O–H groups in total. The van der Waals surface area contributed by atoms with Gasteiger partial charge in [0.25, 0.3) is 0 Å². The van der Waals surface area contributed by atoms with Crippen molar-refractivity contribution in [3.63, 3.8) is 0 Å². The fourth-order valence-electron chi connectivity index (χ4n) is 1.76. The summed E-state index contributed by atoms with van der Waals surface area (Å²) >= 11 is 0. The Labute approximate surface area is 107 Å². The minimum absolute atomic E-state index is 0.285. The number of hydrogen-bond acceptors (Lipinski definition) is 1. The first-order valence-electron chi connectivity index (χ1n) is 5.84. The quantitative estimate of drug-likeness (QED) is 0.816. The van der Waals surface area contributed by atoms with Crippen molar-refractivity contribution in [1.82, 2.24) is 0 Å². The molecule has 0 heterocycles. The molecule has 0 aromatic heterocycles. The van der Waals surface area contributed by atoms with Gasteiger partial charge in [-0.15, -0.1) is 0 Å². The van der Waals surface area contributed by atoms with Crippen LogP contribution in [0.4, 0.5) is 0 Å². The van der Waals surface area contributed by atoms with Gasteiger partial charge in [-0.1, -0.05) is 66.7 Å². The van der Waals surface area contributed by atoms with E-state index in [4.69, 9.17) is 5.73 Å². The second-order valence-electron chi connectivity index (χ2n) is 4.13. The van der Waals surface area contributed by atoms with Gasteiger partial charge in [0.1, 0.15) is 0 Å². The molecule has 0 unspecified atom stereocenters. The van der Waals surface area contributed by atoms with Crippen LogP contribution in [0.5, 0.6) is 0 Å². The molecule has 0 saturated carbocycles. The van der Waals surface area contributed by atoms with Gasteiger partial charge in [0.15, 0.2) is 0 Å². The van der Waals surface area contributed by atoms with Gasteiger partial charge in [-0.25, -0.2) is 0 Å². The lowest BCUT2D eigenvalue weighted by Gasteiger charge is -1.99. The molecule has 1 amide bonds. The molecule has 2 aromatic carbocycles. The smallest absolute Gasteiger partial charge is 0.221 e. The van der Waals surface area contributed by atoms with Gasteiger partial charge in [-0.05, 0) is 16.7 Å². The van der Waals surface area contributed by atoms with Crippen LogP contribution in [0.2, 0.25) is 0 Å². The number of hydrogen-bond donors (Lipinski definition) is 1. The molecule has 0 radical (unpaired) electrons. The second-order valence-corrected chi connectivity index (χ2v) is 4.13. The minimum atomic E-state index is -0.306. The number of nitrogens with two attached hydrogens (primary N) is 1. The van der Waals surface area contributed by atoms with E-state index in [1.807, 2.05) is 66.7 Å². The normalized spacial score (nSPS) is 10.7. The highest BCUT2D eigenvalue weighted by Crippen LogP contribution is 2.10. The van der Waals surface area contributed by atoms with Gasteiger partial charge < -0.3 is 5.73 Å². The summed E-state index contributed by atoms with van der Waals surface area (Å²) in [6, 6.07) is 17.9. The second kappa shape index (κ2) is 5.82. The van der Waals surface area contributed by atoms with E-state index >= 15 is 0 Å². The first kappa shape index (κ1) is 12.1. The van der Waals surface area contributed by atoms with Crippen molar-refractivity contribution in [2.75, 3.05) is 0 Å². The third kappa shape index (κ3) is 3.59. The first-order valence-corrected chi connectivity index (χ1v) is 5.84. The van der Waals surface area contributed by atoms with E-state index in [9.17, 15) is 4.79 Å². The number of rotatable bonds is 4. The van der Waals surface area contributed by atoms with Gasteiger partial charge in [-0.3, -0.25) is 4.79 Å². The maximum Gasteiger partial charge on any atom is 0.221 e. The standard InChI is InChI=1S/C16H15NO/c17-16(18)12-15-8-4-7-14(11-15)10-9-13-5-2-1-3-6-13/h1-11H,12H2,(H2,17,18). The van der Waals surface area contributed by atoms with Crippen LogP contribution < -0.4 is 5.73 Å². The minimum Gasteiger partial charge on any atom is -0.369 e. The van der Waals surface area contributed by atoms with Crippen molar-refractivity contribution in [3.05, 3.63) is 71.3 Å². The molecule has 0 bridgehead atoms. The average Bonchev–Trinajstić information content (AvgIpc) is 2.37. The van der Waals surface area contributed by atoms with Crippen molar-refractivity contribution in [2.24, 2.45) is 5.73 Å². The van der Waals surface area contributed by atoms with Crippen molar-refractivity contribution < 1.29 is 4.79 Å². The molecule has 2 nitrogen and oxygen atoms in total. The summed E-state index contributed by atoms with van der Waals surface area (Å²) in [5, 5.41) is 0. The summed E-state index contributed by atoms with van der Waals surface area (Å²) < 4.78 is 0. The van der Waals surface area contributed by atoms with Crippen LogP contribution in [-0.4, -0.2) is 5.91 Å². The van der Waals surface area contributed by atoms with E-state index < -0.39 is 0 Å². The molecule has 0 spiro atoms. The number of benzene rings is 2. The van der Waals surface area contributed by atoms with E-state index in [-0.39, 0.29) is 12.3 Å². The number of carbonyl (C=O) groups excluding carboxylic acids is 1. The molecular formula is C16H15NO. The van der Waals surface area contributed by atoms with Crippen LogP contribution in [0.25, 0.3) is 12.2 Å². The predicted octanol–water partition coefficient (Wildman–Crippen LogP) is 2.88. The van der Waals surface area contributed by atoms with Gasteiger partial charge in [0.05, 0.1) is 6.42 Å². The Bertz CT molecular complexity index is 558. The summed E-state index contributed by atoms with van der Waals surface area (Å²) in [5.41, 5.74) is 8.34. The topological polar surface area (TPSA) is 43.1 Å². The van der Waals surface area contributed by atoms with Gasteiger partial charge in [0, 0.05) is 0 Å². The van der Waals surface area contributed by atoms with Crippen molar-refractivity contribution in [1.29, 1.82) is 0 Å². The molecule has 0 fully saturated rings. The Morgan fingerprint density at radius 2 is 1.61 bits per heavy atom. The largest absolute Gasteiger partial charge is 0.369 e. The summed E-state index contributed by atoms with van der Waals surface area (Å²) in [6.45, 7) is 0. The van der Waals surface area contributed by atoms with Gasteiger partial charge in [-0.2, -0.15) is 0 Å². The molecule has 18 heavy (non-hydrogen) atoms. The third-order valence-corrected chi connectivity index (χ3v) is 2.60. The number of primary amides is 1. The van der Waals surface area contributed by atoms with Crippen LogP contribution in [0.15, 0.2) is 54.6 Å². The molecular weight excluding hydrogens is 222 g/mol. The summed E-state index contributed by atoms with van der Waals surface area (Å²) in [5.74, 6) is -0.306. The van der Waals surface area contributed by atoms with Crippen molar-refractivity contribution in [2.45, 2.75) is 6.42 Å². The van der Waals surface area contributed by atoms with E-state index in [0.717, 1.165) is 16.7 Å². The van der Waals surface area contributed by atoms with E-state index in [1.54, 1.807) is 0 Å². The zero-order valence-electron chi connectivity index (χ0n) is 10.0. The lowest BCUT2D eigenvalue weighted by Crippen LogP contribution is -2.13. The zero-order valence-corrected chi connectivity index (χ0v) is 10.0. The van der Waals surface area contributed by atoms with Crippen LogP contribution in [0, 0.1) is 0 Å². The fourth-order valence-corrected chi connectivity index (χ4v) is 1.76. The van der Waals surface area contributed by atoms with Crippen molar-refractivity contribution >= 4 is 18.1 Å². The maximum absolute atomic E-state index is 10.9. The third-order valence-electron chi connectivity index (χ3n) is 2.60. The highest BCUT2D eigenvalue weighted by Gasteiger charge is 1.98. The Hall–Kier alpha value is -2.35. The Morgan fingerprint density at radius 3 is 2.33 bits per heavy atom. The zero-order chi connectivity index (χ0) is 12.8. The Morgan fingerprint density at radius 1 is 0.944 bits per heavy atom. The number of amides is 1. The van der Waals surface area contributed by atoms with Crippen molar-refractivity contribution in [3.8, 4) is 0 Å². The first-order chi connectivity index (χ1) is 8.74. The highest BCUT2D eigenvalue weighted by atomic mass is 16.1.